The van der Waals surface area contributed by atoms with Gasteiger partial charge in [0, 0.05) is 12.3 Å². The molecule has 0 aliphatic heterocycles. The largest absolute Gasteiger partial charge is 0.527 e. The van der Waals surface area contributed by atoms with E-state index in [1.165, 1.54) is 23.1 Å². The Morgan fingerprint density at radius 1 is 1.73 bits per heavy atom. The van der Waals surface area contributed by atoms with Gasteiger partial charge in [-0.3, -0.25) is 0 Å². The molecule has 0 unspecified atom stereocenters. The highest BCUT2D eigenvalue weighted by molar-refractivity contribution is 6.16. The lowest BCUT2D eigenvalue weighted by atomic mass is 10.4. The molecule has 0 aliphatic rings. The molecule has 0 saturated heterocycles. The van der Waals surface area contributed by atoms with Crippen LogP contribution in [0.15, 0.2) is 18.3 Å². The fourth-order valence-electron chi connectivity index (χ4n) is 0.685. The molecule has 1 aromatic heterocycles. The van der Waals surface area contributed by atoms with Gasteiger partial charge in [-0.2, -0.15) is 4.73 Å². The molecule has 0 amide bonds. The highest BCUT2D eigenvalue weighted by atomic mass is 16.7. The second kappa shape index (κ2) is 3.11. The first-order chi connectivity index (χ1) is 5.24. The van der Waals surface area contributed by atoms with Crippen LogP contribution in [0.5, 0.6) is 0 Å². The summed E-state index contributed by atoms with van der Waals surface area (Å²) >= 11 is 0. The van der Waals surface area contributed by atoms with Crippen molar-refractivity contribution < 1.29 is 9.78 Å². The number of nitrogens with zero attached hydrogens (tertiary/aromatic N) is 1. The molecule has 0 atom stereocenters. The van der Waals surface area contributed by atoms with Gasteiger partial charge in [0.2, 0.25) is 0 Å². The first kappa shape index (κ1) is 7.68. The summed E-state index contributed by atoms with van der Waals surface area (Å²) in [4.78, 5) is 0. The number of pyridine rings is 1. The number of rotatable bonds is 2. The van der Waals surface area contributed by atoms with E-state index >= 15 is 0 Å². The molecule has 11 heavy (non-hydrogen) atoms. The molecule has 0 fully saturated rings. The van der Waals surface area contributed by atoms with E-state index in [9.17, 15) is 0 Å². The van der Waals surface area contributed by atoms with Crippen LogP contribution >= 0.6 is 0 Å². The number of hydrogen-bond donors (Lipinski definition) is 3. The van der Waals surface area contributed by atoms with Crippen LogP contribution in [0.2, 0.25) is 0 Å². The number of hydrogen-bond acceptors (Lipinski definition) is 4. The van der Waals surface area contributed by atoms with Crippen molar-refractivity contribution in [2.24, 2.45) is 0 Å². The zero-order valence-corrected chi connectivity index (χ0v) is 5.82. The van der Waals surface area contributed by atoms with E-state index in [0.717, 1.165) is 0 Å². The Morgan fingerprint density at radius 3 is 3.00 bits per heavy atom. The Balaban J connectivity index is 2.99. The topological polar surface area (TPSA) is 84.3 Å². The summed E-state index contributed by atoms with van der Waals surface area (Å²) in [6.45, 7) is 0. The van der Waals surface area contributed by atoms with Crippen molar-refractivity contribution in [1.29, 1.82) is 5.41 Å². The number of aromatic nitrogens is 1. The molecule has 0 spiro atoms. The SMILES string of the molecule is N=c1ccn(OBO)c(N)c1. The van der Waals surface area contributed by atoms with Gasteiger partial charge in [-0.05, 0) is 6.07 Å². The third kappa shape index (κ3) is 1.75. The standard InChI is InChI=1S/C5H8BN3O2/c7-4-1-2-9(11-6-10)5(8)3-4/h1-3,6-7,10H,8H2. The number of nitrogens with one attached hydrogen (secondary N) is 1. The summed E-state index contributed by atoms with van der Waals surface area (Å²) < 4.78 is 5.85. The first-order valence-electron chi connectivity index (χ1n) is 3.01. The Morgan fingerprint density at radius 2 is 2.45 bits per heavy atom. The molecule has 0 radical (unpaired) electrons. The minimum Gasteiger partial charge on any atom is -0.450 e. The van der Waals surface area contributed by atoms with E-state index < -0.39 is 7.69 Å². The Labute approximate surface area is 63.8 Å². The van der Waals surface area contributed by atoms with Crippen molar-refractivity contribution in [2.75, 3.05) is 5.73 Å². The van der Waals surface area contributed by atoms with Crippen LogP contribution in [0.25, 0.3) is 0 Å². The van der Waals surface area contributed by atoms with E-state index in [2.05, 4.69) is 4.76 Å². The van der Waals surface area contributed by atoms with Gasteiger partial charge in [0.15, 0.2) is 0 Å². The lowest BCUT2D eigenvalue weighted by Crippen LogP contribution is -2.20. The third-order valence-corrected chi connectivity index (χ3v) is 1.14. The molecule has 4 N–H and O–H groups in total. The molecule has 0 aromatic carbocycles. The maximum absolute atomic E-state index is 8.37. The van der Waals surface area contributed by atoms with Crippen LogP contribution in [-0.4, -0.2) is 17.4 Å². The maximum atomic E-state index is 8.37. The molecule has 0 aliphatic carbocycles. The van der Waals surface area contributed by atoms with E-state index in [-0.39, 0.29) is 5.82 Å². The summed E-state index contributed by atoms with van der Waals surface area (Å²) in [5.41, 5.74) is 5.41. The van der Waals surface area contributed by atoms with E-state index in [4.69, 9.17) is 16.2 Å². The average Bonchev–Trinajstić information content (AvgIpc) is 1.95. The summed E-state index contributed by atoms with van der Waals surface area (Å²) in [5, 5.41) is 15.8. The number of nitrogen functional groups attached to an aromatic ring is 1. The lowest BCUT2D eigenvalue weighted by Gasteiger charge is -2.07. The van der Waals surface area contributed by atoms with Gasteiger partial charge in [0.25, 0.3) is 0 Å². The summed E-state index contributed by atoms with van der Waals surface area (Å²) in [6, 6.07) is 2.93. The Bertz CT molecular complexity index is 298. The quantitative estimate of drug-likeness (QED) is 0.440. The van der Waals surface area contributed by atoms with Crippen LogP contribution < -0.4 is 15.8 Å². The van der Waals surface area contributed by atoms with Crippen molar-refractivity contribution in [2.45, 2.75) is 0 Å². The van der Waals surface area contributed by atoms with Crippen LogP contribution in [0.3, 0.4) is 0 Å². The molecule has 1 rings (SSSR count). The van der Waals surface area contributed by atoms with Gasteiger partial charge < -0.3 is 20.9 Å². The molecule has 1 aromatic rings. The van der Waals surface area contributed by atoms with E-state index in [1.54, 1.807) is 0 Å². The minimum absolute atomic E-state index is 0.284. The lowest BCUT2D eigenvalue weighted by molar-refractivity contribution is 0.252. The zero-order valence-electron chi connectivity index (χ0n) is 5.82. The van der Waals surface area contributed by atoms with Crippen molar-refractivity contribution in [1.82, 2.24) is 4.73 Å². The van der Waals surface area contributed by atoms with Crippen molar-refractivity contribution in [3.8, 4) is 0 Å². The van der Waals surface area contributed by atoms with Gasteiger partial charge in [-0.15, -0.1) is 0 Å². The highest BCUT2D eigenvalue weighted by Crippen LogP contribution is 1.92. The van der Waals surface area contributed by atoms with Crippen LogP contribution in [0, 0.1) is 5.41 Å². The molecular formula is C5H8BN3O2. The third-order valence-electron chi connectivity index (χ3n) is 1.14. The van der Waals surface area contributed by atoms with Crippen molar-refractivity contribution in [3.63, 3.8) is 0 Å². The van der Waals surface area contributed by atoms with Crippen LogP contribution in [0.1, 0.15) is 0 Å². The average molecular weight is 153 g/mol. The number of nitrogens with two attached hydrogens (primary N) is 1. The van der Waals surface area contributed by atoms with Gasteiger partial charge >= 0.3 is 7.69 Å². The summed E-state index contributed by atoms with van der Waals surface area (Å²) in [7, 11) is -0.438. The Kier molecular flexibility index (Phi) is 2.17. The van der Waals surface area contributed by atoms with Gasteiger partial charge in [-0.1, -0.05) is 0 Å². The molecule has 1 heterocycles. The molecule has 58 valence electrons. The minimum atomic E-state index is -0.438. The zero-order chi connectivity index (χ0) is 8.27. The molecular weight excluding hydrogens is 145 g/mol. The predicted octanol–water partition coefficient (Wildman–Crippen LogP) is -1.76. The fourth-order valence-corrected chi connectivity index (χ4v) is 0.685. The second-order valence-corrected chi connectivity index (χ2v) is 1.92. The maximum Gasteiger partial charge on any atom is 0.527 e. The van der Waals surface area contributed by atoms with Gasteiger partial charge in [0.05, 0.1) is 5.36 Å². The van der Waals surface area contributed by atoms with Gasteiger partial charge in [-0.25, -0.2) is 0 Å². The van der Waals surface area contributed by atoms with Crippen molar-refractivity contribution >= 4 is 13.5 Å². The summed E-state index contributed by atoms with van der Waals surface area (Å²) in [6.07, 6.45) is 1.47. The summed E-state index contributed by atoms with van der Waals surface area (Å²) in [5.74, 6) is 0.284. The smallest absolute Gasteiger partial charge is 0.450 e. The van der Waals surface area contributed by atoms with Gasteiger partial charge in [0.1, 0.15) is 5.82 Å². The van der Waals surface area contributed by atoms with Crippen LogP contribution in [-0.2, 0) is 0 Å². The fraction of sp³-hybridized carbons (Fsp3) is 0. The normalized spacial score (nSPS) is 9.18. The number of anilines is 1. The Hall–Kier alpha value is -1.43. The monoisotopic (exact) mass is 153 g/mol. The van der Waals surface area contributed by atoms with E-state index in [0.29, 0.717) is 5.36 Å². The highest BCUT2D eigenvalue weighted by Gasteiger charge is 1.93. The second-order valence-electron chi connectivity index (χ2n) is 1.92. The molecule has 0 saturated carbocycles. The molecule has 6 heteroatoms. The van der Waals surface area contributed by atoms with E-state index in [1.807, 2.05) is 0 Å². The molecule has 0 bridgehead atoms. The predicted molar refractivity (Wildman–Crippen MR) is 40.6 cm³/mol. The molecule has 5 nitrogen and oxygen atoms in total. The van der Waals surface area contributed by atoms with Crippen molar-refractivity contribution in [3.05, 3.63) is 23.7 Å². The van der Waals surface area contributed by atoms with Crippen LogP contribution in [0.4, 0.5) is 5.82 Å². The first-order valence-corrected chi connectivity index (χ1v) is 3.01.